The van der Waals surface area contributed by atoms with Gasteiger partial charge in [-0.3, -0.25) is 4.90 Å². The Morgan fingerprint density at radius 1 is 1.38 bits per heavy atom. The standard InChI is InChI=1S/C18H29N3/c1-3-10-21(14-17-5-4-9-19-17)13-15-6-7-18-16(12-15)8-11-20(18)2/h6-7,12,17,19H,3-5,8-11,13-14H2,1-2H3. The molecule has 116 valence electrons. The number of fused-ring (bicyclic) bond motifs is 1. The quantitative estimate of drug-likeness (QED) is 0.868. The molecule has 0 saturated carbocycles. The smallest absolute Gasteiger partial charge is 0.0397 e. The molecule has 1 aromatic carbocycles. The highest BCUT2D eigenvalue weighted by molar-refractivity contribution is 5.58. The molecule has 1 fully saturated rings. The summed E-state index contributed by atoms with van der Waals surface area (Å²) >= 11 is 0. The molecule has 1 unspecified atom stereocenters. The van der Waals surface area contributed by atoms with E-state index in [0.717, 1.165) is 6.54 Å². The minimum absolute atomic E-state index is 0.706. The topological polar surface area (TPSA) is 18.5 Å². The van der Waals surface area contributed by atoms with Gasteiger partial charge in [-0.2, -0.15) is 0 Å². The molecule has 1 atom stereocenters. The van der Waals surface area contributed by atoms with Crippen LogP contribution in [0.4, 0.5) is 5.69 Å². The van der Waals surface area contributed by atoms with Crippen molar-refractivity contribution in [1.29, 1.82) is 0 Å². The number of hydrogen-bond donors (Lipinski definition) is 1. The molecule has 1 aromatic rings. The molecule has 3 nitrogen and oxygen atoms in total. The SMILES string of the molecule is CCCN(Cc1ccc2c(c1)CCN2C)CC1CCCN1. The van der Waals surface area contributed by atoms with E-state index in [2.05, 4.69) is 47.3 Å². The molecule has 2 aliphatic heterocycles. The van der Waals surface area contributed by atoms with Gasteiger partial charge in [-0.1, -0.05) is 19.1 Å². The molecule has 0 bridgehead atoms. The summed E-state index contributed by atoms with van der Waals surface area (Å²) < 4.78 is 0. The second kappa shape index (κ2) is 6.80. The van der Waals surface area contributed by atoms with Crippen LogP contribution in [0.5, 0.6) is 0 Å². The first-order valence-electron chi connectivity index (χ1n) is 8.55. The molecule has 0 aliphatic carbocycles. The van der Waals surface area contributed by atoms with Crippen LogP contribution in [0.25, 0.3) is 0 Å². The Hall–Kier alpha value is -1.06. The molecule has 3 heteroatoms. The van der Waals surface area contributed by atoms with Crippen molar-refractivity contribution >= 4 is 5.69 Å². The Labute approximate surface area is 129 Å². The van der Waals surface area contributed by atoms with Gasteiger partial charge in [-0.05, 0) is 56.0 Å². The number of benzene rings is 1. The van der Waals surface area contributed by atoms with Crippen LogP contribution in [0.15, 0.2) is 18.2 Å². The van der Waals surface area contributed by atoms with Crippen molar-refractivity contribution in [2.45, 2.75) is 45.2 Å². The van der Waals surface area contributed by atoms with Gasteiger partial charge >= 0.3 is 0 Å². The van der Waals surface area contributed by atoms with Crippen molar-refractivity contribution in [3.63, 3.8) is 0 Å². The van der Waals surface area contributed by atoms with Crippen LogP contribution in [0.1, 0.15) is 37.3 Å². The van der Waals surface area contributed by atoms with Crippen LogP contribution in [-0.4, -0.2) is 44.2 Å². The van der Waals surface area contributed by atoms with E-state index in [1.54, 1.807) is 0 Å². The number of nitrogens with one attached hydrogen (secondary N) is 1. The van der Waals surface area contributed by atoms with Gasteiger partial charge in [0.15, 0.2) is 0 Å². The van der Waals surface area contributed by atoms with Crippen molar-refractivity contribution < 1.29 is 0 Å². The summed E-state index contributed by atoms with van der Waals surface area (Å²) in [5.41, 5.74) is 4.44. The van der Waals surface area contributed by atoms with Gasteiger partial charge in [0.1, 0.15) is 0 Å². The Morgan fingerprint density at radius 3 is 3.05 bits per heavy atom. The van der Waals surface area contributed by atoms with E-state index < -0.39 is 0 Å². The van der Waals surface area contributed by atoms with E-state index >= 15 is 0 Å². The first kappa shape index (κ1) is 14.9. The molecule has 0 spiro atoms. The van der Waals surface area contributed by atoms with E-state index in [0.29, 0.717) is 6.04 Å². The summed E-state index contributed by atoms with van der Waals surface area (Å²) in [6.07, 6.45) is 5.13. The molecule has 0 radical (unpaired) electrons. The first-order chi connectivity index (χ1) is 10.3. The van der Waals surface area contributed by atoms with Gasteiger partial charge in [-0.25, -0.2) is 0 Å². The highest BCUT2D eigenvalue weighted by Gasteiger charge is 2.19. The summed E-state index contributed by atoms with van der Waals surface area (Å²) in [7, 11) is 2.20. The van der Waals surface area contributed by atoms with Gasteiger partial charge in [0.2, 0.25) is 0 Å². The van der Waals surface area contributed by atoms with Crippen LogP contribution in [-0.2, 0) is 13.0 Å². The fraction of sp³-hybridized carbons (Fsp3) is 0.667. The zero-order valence-electron chi connectivity index (χ0n) is 13.6. The predicted molar refractivity (Wildman–Crippen MR) is 90.0 cm³/mol. The predicted octanol–water partition coefficient (Wildman–Crippen LogP) is 2.64. The van der Waals surface area contributed by atoms with Gasteiger partial charge in [0.05, 0.1) is 0 Å². The van der Waals surface area contributed by atoms with Gasteiger partial charge in [0, 0.05) is 38.4 Å². The third kappa shape index (κ3) is 3.58. The lowest BCUT2D eigenvalue weighted by Gasteiger charge is -2.25. The number of likely N-dealkylation sites (N-methyl/N-ethyl adjacent to an activating group) is 1. The number of rotatable bonds is 6. The van der Waals surface area contributed by atoms with E-state index in [1.807, 2.05) is 0 Å². The van der Waals surface area contributed by atoms with Crippen LogP contribution in [0, 0.1) is 0 Å². The van der Waals surface area contributed by atoms with Gasteiger partial charge in [-0.15, -0.1) is 0 Å². The van der Waals surface area contributed by atoms with Gasteiger partial charge < -0.3 is 10.2 Å². The largest absolute Gasteiger partial charge is 0.374 e. The number of anilines is 1. The zero-order valence-corrected chi connectivity index (χ0v) is 13.6. The van der Waals surface area contributed by atoms with Crippen LogP contribution in [0.2, 0.25) is 0 Å². The van der Waals surface area contributed by atoms with E-state index in [9.17, 15) is 0 Å². The van der Waals surface area contributed by atoms with Gasteiger partial charge in [0.25, 0.3) is 0 Å². The maximum absolute atomic E-state index is 3.63. The van der Waals surface area contributed by atoms with Crippen molar-refractivity contribution in [1.82, 2.24) is 10.2 Å². The monoisotopic (exact) mass is 287 g/mol. The molecule has 3 rings (SSSR count). The second-order valence-corrected chi connectivity index (χ2v) is 6.66. The molecule has 2 heterocycles. The van der Waals surface area contributed by atoms with Crippen molar-refractivity contribution in [3.8, 4) is 0 Å². The lowest BCUT2D eigenvalue weighted by molar-refractivity contribution is 0.241. The molecule has 1 saturated heterocycles. The maximum atomic E-state index is 3.63. The van der Waals surface area contributed by atoms with E-state index in [-0.39, 0.29) is 0 Å². The summed E-state index contributed by atoms with van der Waals surface area (Å²) in [6, 6.07) is 7.78. The summed E-state index contributed by atoms with van der Waals surface area (Å²) in [5.74, 6) is 0. The Kier molecular flexibility index (Phi) is 4.81. The zero-order chi connectivity index (χ0) is 14.7. The minimum Gasteiger partial charge on any atom is -0.374 e. The molecular formula is C18H29N3. The molecular weight excluding hydrogens is 258 g/mol. The molecule has 0 amide bonds. The average Bonchev–Trinajstić information content (AvgIpc) is 3.10. The molecule has 0 aromatic heterocycles. The van der Waals surface area contributed by atoms with E-state index in [4.69, 9.17) is 0 Å². The third-order valence-corrected chi connectivity index (χ3v) is 4.86. The highest BCUT2D eigenvalue weighted by atomic mass is 15.2. The van der Waals surface area contributed by atoms with Crippen LogP contribution < -0.4 is 10.2 Å². The maximum Gasteiger partial charge on any atom is 0.0397 e. The Morgan fingerprint density at radius 2 is 2.29 bits per heavy atom. The van der Waals surface area contributed by atoms with E-state index in [1.165, 1.54) is 68.7 Å². The van der Waals surface area contributed by atoms with Crippen molar-refractivity contribution in [2.24, 2.45) is 0 Å². The Balaban J connectivity index is 1.64. The Bertz CT molecular complexity index is 466. The third-order valence-electron chi connectivity index (χ3n) is 4.86. The lowest BCUT2D eigenvalue weighted by Crippen LogP contribution is -2.37. The fourth-order valence-electron chi connectivity index (χ4n) is 3.75. The number of nitrogens with zero attached hydrogens (tertiary/aromatic N) is 2. The van der Waals surface area contributed by atoms with Crippen LogP contribution in [0.3, 0.4) is 0 Å². The first-order valence-corrected chi connectivity index (χ1v) is 8.55. The second-order valence-electron chi connectivity index (χ2n) is 6.66. The highest BCUT2D eigenvalue weighted by Crippen LogP contribution is 2.27. The normalized spacial score (nSPS) is 21.3. The summed E-state index contributed by atoms with van der Waals surface area (Å²) in [6.45, 7) is 8.16. The lowest BCUT2D eigenvalue weighted by atomic mass is 10.1. The summed E-state index contributed by atoms with van der Waals surface area (Å²) in [5, 5.41) is 3.63. The molecule has 2 aliphatic rings. The van der Waals surface area contributed by atoms with Crippen molar-refractivity contribution in [2.75, 3.05) is 38.1 Å². The number of hydrogen-bond acceptors (Lipinski definition) is 3. The molecule has 1 N–H and O–H groups in total. The average molecular weight is 287 g/mol. The van der Waals surface area contributed by atoms with Crippen molar-refractivity contribution in [3.05, 3.63) is 29.3 Å². The minimum atomic E-state index is 0.706. The van der Waals surface area contributed by atoms with Crippen LogP contribution >= 0.6 is 0 Å². The fourth-order valence-corrected chi connectivity index (χ4v) is 3.75. The summed E-state index contributed by atoms with van der Waals surface area (Å²) in [4.78, 5) is 4.99. The molecule has 21 heavy (non-hydrogen) atoms.